The second kappa shape index (κ2) is 11.3. The van der Waals surface area contributed by atoms with Crippen LogP contribution in [0.1, 0.15) is 15.9 Å². The number of rotatable bonds is 8. The zero-order valence-corrected chi connectivity index (χ0v) is 21.9. The van der Waals surface area contributed by atoms with Gasteiger partial charge in [0.05, 0.1) is 17.1 Å². The topological polar surface area (TPSA) is 79.0 Å². The number of nitrogens with zero attached hydrogens (tertiary/aromatic N) is 2. The molecule has 9 heteroatoms. The van der Waals surface area contributed by atoms with Crippen LogP contribution < -0.4 is 10.1 Å². The minimum absolute atomic E-state index is 0.215. The fourth-order valence-corrected chi connectivity index (χ4v) is 5.60. The van der Waals surface area contributed by atoms with Crippen LogP contribution in [0.4, 0.5) is 5.69 Å². The SMILES string of the molecule is CN1CCN(S(=O)(=O)c2ccc(NC(=O)c3cc(Br)ccc3OCCc3ccccc3)cc2)CC1. The molecule has 35 heavy (non-hydrogen) atoms. The predicted molar refractivity (Wildman–Crippen MR) is 140 cm³/mol. The van der Waals surface area contributed by atoms with Crippen LogP contribution in [0.15, 0.2) is 82.2 Å². The molecule has 1 saturated heterocycles. The third-order valence-electron chi connectivity index (χ3n) is 5.89. The van der Waals surface area contributed by atoms with Gasteiger partial charge in [-0.05, 0) is 55.1 Å². The lowest BCUT2D eigenvalue weighted by Gasteiger charge is -2.31. The Morgan fingerprint density at radius 2 is 1.66 bits per heavy atom. The average Bonchev–Trinajstić information content (AvgIpc) is 2.86. The molecule has 3 aromatic rings. The summed E-state index contributed by atoms with van der Waals surface area (Å²) in [5, 5.41) is 2.84. The van der Waals surface area contributed by atoms with Crippen molar-refractivity contribution in [3.63, 3.8) is 0 Å². The van der Waals surface area contributed by atoms with Crippen LogP contribution in [0.3, 0.4) is 0 Å². The Kier molecular flexibility index (Phi) is 8.22. The molecule has 0 radical (unpaired) electrons. The fourth-order valence-electron chi connectivity index (χ4n) is 3.82. The van der Waals surface area contributed by atoms with Crippen LogP contribution in [0.5, 0.6) is 5.75 Å². The highest BCUT2D eigenvalue weighted by Gasteiger charge is 2.27. The third kappa shape index (κ3) is 6.49. The Bertz CT molecular complexity index is 1260. The van der Waals surface area contributed by atoms with Crippen LogP contribution in [0, 0.1) is 0 Å². The molecular formula is C26H28BrN3O4S. The maximum absolute atomic E-state index is 13.0. The molecule has 1 N–H and O–H groups in total. The van der Waals surface area contributed by atoms with Crippen LogP contribution >= 0.6 is 15.9 Å². The van der Waals surface area contributed by atoms with E-state index in [2.05, 4.69) is 26.1 Å². The van der Waals surface area contributed by atoms with E-state index in [1.54, 1.807) is 24.3 Å². The van der Waals surface area contributed by atoms with Gasteiger partial charge in [0.2, 0.25) is 10.0 Å². The van der Waals surface area contributed by atoms with Gasteiger partial charge < -0.3 is 15.0 Å². The summed E-state index contributed by atoms with van der Waals surface area (Å²) in [7, 11) is -1.58. The van der Waals surface area contributed by atoms with Crippen molar-refractivity contribution in [3.05, 3.63) is 88.4 Å². The van der Waals surface area contributed by atoms with E-state index in [0.717, 1.165) is 16.5 Å². The number of carbonyl (C=O) groups excluding carboxylic acids is 1. The van der Waals surface area contributed by atoms with Crippen molar-refractivity contribution in [2.45, 2.75) is 11.3 Å². The molecule has 1 aliphatic rings. The van der Waals surface area contributed by atoms with Crippen LogP contribution in [0.2, 0.25) is 0 Å². The van der Waals surface area contributed by atoms with Gasteiger partial charge in [0.1, 0.15) is 5.75 Å². The second-order valence-corrected chi connectivity index (χ2v) is 11.3. The van der Waals surface area contributed by atoms with Gasteiger partial charge in [-0.1, -0.05) is 46.3 Å². The number of ether oxygens (including phenoxy) is 1. The number of halogens is 1. The lowest BCUT2D eigenvalue weighted by atomic mass is 10.1. The Morgan fingerprint density at radius 3 is 2.34 bits per heavy atom. The number of nitrogens with one attached hydrogen (secondary N) is 1. The van der Waals surface area contributed by atoms with Gasteiger partial charge in [0.25, 0.3) is 5.91 Å². The Morgan fingerprint density at radius 1 is 0.971 bits per heavy atom. The highest BCUT2D eigenvalue weighted by Crippen LogP contribution is 2.26. The first-order chi connectivity index (χ1) is 16.8. The zero-order chi connectivity index (χ0) is 24.8. The summed E-state index contributed by atoms with van der Waals surface area (Å²) < 4.78 is 34.0. The first-order valence-electron chi connectivity index (χ1n) is 11.4. The predicted octanol–water partition coefficient (Wildman–Crippen LogP) is 4.26. The molecule has 4 rings (SSSR count). The van der Waals surface area contributed by atoms with E-state index in [9.17, 15) is 13.2 Å². The molecule has 0 saturated carbocycles. The monoisotopic (exact) mass is 557 g/mol. The zero-order valence-electron chi connectivity index (χ0n) is 19.5. The number of likely N-dealkylation sites (N-methyl/N-ethyl adjacent to an activating group) is 1. The lowest BCUT2D eigenvalue weighted by Crippen LogP contribution is -2.46. The lowest BCUT2D eigenvalue weighted by molar-refractivity contribution is 0.102. The number of hydrogen-bond acceptors (Lipinski definition) is 5. The number of carbonyl (C=O) groups is 1. The summed E-state index contributed by atoms with van der Waals surface area (Å²) in [6.45, 7) is 2.77. The summed E-state index contributed by atoms with van der Waals surface area (Å²) in [6, 6.07) is 21.6. The largest absolute Gasteiger partial charge is 0.492 e. The van der Waals surface area contributed by atoms with Crippen LogP contribution in [-0.4, -0.2) is 63.4 Å². The van der Waals surface area contributed by atoms with E-state index in [4.69, 9.17) is 4.74 Å². The number of hydrogen-bond donors (Lipinski definition) is 1. The second-order valence-electron chi connectivity index (χ2n) is 8.41. The molecule has 3 aromatic carbocycles. The smallest absolute Gasteiger partial charge is 0.259 e. The van der Waals surface area contributed by atoms with Crippen molar-refractivity contribution in [1.82, 2.24) is 9.21 Å². The van der Waals surface area contributed by atoms with E-state index >= 15 is 0 Å². The fraction of sp³-hybridized carbons (Fsp3) is 0.269. The van der Waals surface area contributed by atoms with Crippen molar-refractivity contribution in [1.29, 1.82) is 0 Å². The summed E-state index contributed by atoms with van der Waals surface area (Å²) >= 11 is 3.42. The van der Waals surface area contributed by atoms with Gasteiger partial charge in [-0.3, -0.25) is 4.79 Å². The van der Waals surface area contributed by atoms with Gasteiger partial charge >= 0.3 is 0 Å². The number of amides is 1. The molecular weight excluding hydrogens is 530 g/mol. The Balaban J connectivity index is 1.42. The molecule has 7 nitrogen and oxygen atoms in total. The van der Waals surface area contributed by atoms with Gasteiger partial charge in [0, 0.05) is 42.8 Å². The first kappa shape index (κ1) is 25.4. The van der Waals surface area contributed by atoms with Gasteiger partial charge in [-0.2, -0.15) is 4.31 Å². The highest BCUT2D eigenvalue weighted by molar-refractivity contribution is 9.10. The van der Waals surface area contributed by atoms with Crippen LogP contribution in [0.25, 0.3) is 0 Å². The van der Waals surface area contributed by atoms with Crippen molar-refractivity contribution >= 4 is 37.5 Å². The van der Waals surface area contributed by atoms with E-state index in [1.165, 1.54) is 16.4 Å². The van der Waals surface area contributed by atoms with Gasteiger partial charge in [-0.15, -0.1) is 0 Å². The van der Waals surface area contributed by atoms with E-state index in [0.29, 0.717) is 49.8 Å². The van der Waals surface area contributed by atoms with Crippen molar-refractivity contribution in [2.75, 3.05) is 45.2 Å². The molecule has 0 aliphatic carbocycles. The molecule has 0 aromatic heterocycles. The third-order valence-corrected chi connectivity index (χ3v) is 8.30. The molecule has 0 bridgehead atoms. The molecule has 0 spiro atoms. The number of piperazine rings is 1. The quantitative estimate of drug-likeness (QED) is 0.447. The summed E-state index contributed by atoms with van der Waals surface area (Å²) in [5.41, 5.74) is 2.05. The van der Waals surface area contributed by atoms with Crippen molar-refractivity contribution < 1.29 is 17.9 Å². The molecule has 184 valence electrons. The minimum Gasteiger partial charge on any atom is -0.492 e. The Labute approximate surface area is 214 Å². The molecule has 1 fully saturated rings. The van der Waals surface area contributed by atoms with Crippen LogP contribution in [-0.2, 0) is 16.4 Å². The van der Waals surface area contributed by atoms with E-state index in [-0.39, 0.29) is 10.8 Å². The maximum atomic E-state index is 13.0. The maximum Gasteiger partial charge on any atom is 0.259 e. The first-order valence-corrected chi connectivity index (χ1v) is 13.6. The van der Waals surface area contributed by atoms with E-state index in [1.807, 2.05) is 43.4 Å². The number of anilines is 1. The number of benzene rings is 3. The molecule has 1 aliphatic heterocycles. The summed E-state index contributed by atoms with van der Waals surface area (Å²) in [6.07, 6.45) is 0.723. The van der Waals surface area contributed by atoms with Crippen molar-refractivity contribution in [3.8, 4) is 5.75 Å². The Hall–Kier alpha value is -2.72. The molecule has 1 heterocycles. The van der Waals surface area contributed by atoms with Gasteiger partial charge in [-0.25, -0.2) is 8.42 Å². The highest BCUT2D eigenvalue weighted by atomic mass is 79.9. The molecule has 0 atom stereocenters. The molecule has 1 amide bonds. The average molecular weight is 558 g/mol. The number of sulfonamides is 1. The standard InChI is InChI=1S/C26H28BrN3O4S/c1-29-14-16-30(17-15-29)35(32,33)23-10-8-22(9-11-23)28-26(31)24-19-21(27)7-12-25(24)34-18-13-20-5-3-2-4-6-20/h2-12,19H,13-18H2,1H3,(H,28,31). The minimum atomic E-state index is -3.56. The van der Waals surface area contributed by atoms with Crippen molar-refractivity contribution in [2.24, 2.45) is 0 Å². The summed E-state index contributed by atoms with van der Waals surface area (Å²) in [5.74, 6) is 0.145. The summed E-state index contributed by atoms with van der Waals surface area (Å²) in [4.78, 5) is 15.4. The van der Waals surface area contributed by atoms with E-state index < -0.39 is 10.0 Å². The molecule has 0 unspecified atom stereocenters. The van der Waals surface area contributed by atoms with Gasteiger partial charge in [0.15, 0.2) is 0 Å². The normalized spacial score (nSPS) is 15.0.